The third-order valence-corrected chi connectivity index (χ3v) is 4.46. The molecule has 1 aromatic heterocycles. The van der Waals surface area contributed by atoms with Crippen molar-refractivity contribution in [1.29, 1.82) is 0 Å². The van der Waals surface area contributed by atoms with E-state index in [1.54, 1.807) is 0 Å². The van der Waals surface area contributed by atoms with Gasteiger partial charge >= 0.3 is 0 Å². The summed E-state index contributed by atoms with van der Waals surface area (Å²) >= 11 is 9.47. The lowest BCUT2D eigenvalue weighted by Crippen LogP contribution is -2.34. The summed E-state index contributed by atoms with van der Waals surface area (Å²) in [6, 6.07) is 0.454. The second kappa shape index (κ2) is 7.51. The van der Waals surface area contributed by atoms with Crippen LogP contribution >= 0.6 is 27.5 Å². The Balaban J connectivity index is 2.72. The summed E-state index contributed by atoms with van der Waals surface area (Å²) in [4.78, 5) is 0. The number of hydrogen-bond donors (Lipinski definition) is 1. The van der Waals surface area contributed by atoms with Crippen LogP contribution in [-0.2, 0) is 13.1 Å². The van der Waals surface area contributed by atoms with Crippen LogP contribution in [0, 0.1) is 12.8 Å². The normalized spacial score (nSPS) is 13.3. The number of aromatic nitrogens is 2. The van der Waals surface area contributed by atoms with E-state index in [-0.39, 0.29) is 0 Å². The highest BCUT2D eigenvalue weighted by Crippen LogP contribution is 2.21. The number of nitrogens with zero attached hydrogens (tertiary/aromatic N) is 2. The summed E-state index contributed by atoms with van der Waals surface area (Å²) in [6.45, 7) is 10.3. The number of aryl methyl sites for hydroxylation is 2. The molecule has 0 saturated heterocycles. The molecule has 0 fully saturated rings. The minimum Gasteiger partial charge on any atom is -0.308 e. The Morgan fingerprint density at radius 1 is 1.44 bits per heavy atom. The van der Waals surface area contributed by atoms with Gasteiger partial charge in [-0.05, 0) is 42.1 Å². The van der Waals surface area contributed by atoms with E-state index in [9.17, 15) is 0 Å². The van der Waals surface area contributed by atoms with Gasteiger partial charge < -0.3 is 5.32 Å². The lowest BCUT2D eigenvalue weighted by molar-refractivity contribution is 0.382. The van der Waals surface area contributed by atoms with Crippen molar-refractivity contribution < 1.29 is 0 Å². The van der Waals surface area contributed by atoms with Gasteiger partial charge in [0.1, 0.15) is 0 Å². The molecule has 1 atom stereocenters. The Kier molecular flexibility index (Phi) is 6.67. The van der Waals surface area contributed by atoms with E-state index in [0.29, 0.717) is 17.8 Å². The van der Waals surface area contributed by atoms with Crippen LogP contribution in [0.25, 0.3) is 0 Å². The monoisotopic (exact) mass is 335 g/mol. The van der Waals surface area contributed by atoms with E-state index in [1.807, 2.05) is 11.6 Å². The largest absolute Gasteiger partial charge is 0.308 e. The minimum atomic E-state index is 0.454. The van der Waals surface area contributed by atoms with Crippen molar-refractivity contribution in [3.63, 3.8) is 0 Å². The van der Waals surface area contributed by atoms with E-state index in [2.05, 4.69) is 47.1 Å². The van der Waals surface area contributed by atoms with Gasteiger partial charge in [-0.15, -0.1) is 11.6 Å². The van der Waals surface area contributed by atoms with Crippen molar-refractivity contribution in [1.82, 2.24) is 15.1 Å². The maximum absolute atomic E-state index is 5.85. The molecular weight excluding hydrogens is 314 g/mol. The average Bonchev–Trinajstić information content (AvgIpc) is 2.60. The average molecular weight is 337 g/mol. The van der Waals surface area contributed by atoms with Crippen molar-refractivity contribution in [2.45, 2.75) is 53.2 Å². The third-order valence-electron chi connectivity index (χ3n) is 3.21. The van der Waals surface area contributed by atoms with E-state index < -0.39 is 0 Å². The number of nitrogens with one attached hydrogen (secondary N) is 1. The van der Waals surface area contributed by atoms with Gasteiger partial charge in [-0.25, -0.2) is 0 Å². The van der Waals surface area contributed by atoms with Crippen LogP contribution in [0.5, 0.6) is 0 Å². The summed E-state index contributed by atoms with van der Waals surface area (Å²) in [5.41, 5.74) is 2.27. The maximum Gasteiger partial charge on any atom is 0.0739 e. The van der Waals surface area contributed by atoms with Crippen LogP contribution in [0.1, 0.15) is 38.6 Å². The zero-order valence-corrected chi connectivity index (χ0v) is 14.0. The number of alkyl halides is 1. The number of halogens is 2. The molecule has 0 amide bonds. The molecule has 0 spiro atoms. The lowest BCUT2D eigenvalue weighted by Gasteiger charge is -2.21. The molecule has 1 N–H and O–H groups in total. The third kappa shape index (κ3) is 3.97. The summed E-state index contributed by atoms with van der Waals surface area (Å²) in [7, 11) is 0. The van der Waals surface area contributed by atoms with Gasteiger partial charge in [0.05, 0.1) is 15.9 Å². The Morgan fingerprint density at radius 3 is 2.61 bits per heavy atom. The minimum absolute atomic E-state index is 0.454. The van der Waals surface area contributed by atoms with Crippen molar-refractivity contribution >= 4 is 27.5 Å². The van der Waals surface area contributed by atoms with Gasteiger partial charge in [0.2, 0.25) is 0 Å². The van der Waals surface area contributed by atoms with Gasteiger partial charge in [-0.1, -0.05) is 13.8 Å². The van der Waals surface area contributed by atoms with Crippen LogP contribution in [0.2, 0.25) is 0 Å². The van der Waals surface area contributed by atoms with Crippen molar-refractivity contribution in [2.24, 2.45) is 5.92 Å². The Hall–Kier alpha value is -0.0600. The second-order valence-corrected chi connectivity index (χ2v) is 6.04. The first-order chi connectivity index (χ1) is 8.51. The Morgan fingerprint density at radius 2 is 2.11 bits per heavy atom. The van der Waals surface area contributed by atoms with E-state index in [0.717, 1.165) is 29.7 Å². The molecule has 1 rings (SSSR count). The second-order valence-electron chi connectivity index (χ2n) is 4.87. The SMILES string of the molecule is CCn1nc(C)c(Br)c1CNC(CCCl)C(C)C. The molecule has 0 radical (unpaired) electrons. The fourth-order valence-electron chi connectivity index (χ4n) is 2.05. The molecule has 1 unspecified atom stereocenters. The first kappa shape index (κ1) is 16.0. The molecule has 1 heterocycles. The van der Waals surface area contributed by atoms with Crippen molar-refractivity contribution in [3.8, 4) is 0 Å². The first-order valence-corrected chi connectivity index (χ1v) is 7.85. The molecule has 0 aliphatic heterocycles. The van der Waals surface area contributed by atoms with Crippen LogP contribution in [-0.4, -0.2) is 21.7 Å². The highest BCUT2D eigenvalue weighted by molar-refractivity contribution is 9.10. The molecule has 3 nitrogen and oxygen atoms in total. The topological polar surface area (TPSA) is 29.9 Å². The standard InChI is InChI=1S/C13H23BrClN3/c1-5-18-12(13(14)10(4)17-18)8-16-11(6-7-15)9(2)3/h9,11,16H,5-8H2,1-4H3. The Bertz CT molecular complexity index is 377. The smallest absolute Gasteiger partial charge is 0.0739 e. The quantitative estimate of drug-likeness (QED) is 0.769. The molecule has 1 aromatic rings. The van der Waals surface area contributed by atoms with E-state index in [4.69, 9.17) is 11.6 Å². The summed E-state index contributed by atoms with van der Waals surface area (Å²) in [5, 5.41) is 8.09. The number of rotatable bonds is 7. The highest BCUT2D eigenvalue weighted by Gasteiger charge is 2.16. The van der Waals surface area contributed by atoms with Crippen LogP contribution < -0.4 is 5.32 Å². The van der Waals surface area contributed by atoms with Crippen molar-refractivity contribution in [2.75, 3.05) is 5.88 Å². The van der Waals surface area contributed by atoms with Gasteiger partial charge in [0.25, 0.3) is 0 Å². The van der Waals surface area contributed by atoms with E-state index in [1.165, 1.54) is 5.69 Å². The van der Waals surface area contributed by atoms with Gasteiger partial charge in [-0.3, -0.25) is 4.68 Å². The molecular formula is C13H23BrClN3. The van der Waals surface area contributed by atoms with Gasteiger partial charge in [-0.2, -0.15) is 5.10 Å². The predicted octanol–water partition coefficient (Wildman–Crippen LogP) is 3.72. The molecule has 5 heteroatoms. The maximum atomic E-state index is 5.85. The predicted molar refractivity (Wildman–Crippen MR) is 81.1 cm³/mol. The zero-order chi connectivity index (χ0) is 13.7. The van der Waals surface area contributed by atoms with E-state index >= 15 is 0 Å². The summed E-state index contributed by atoms with van der Waals surface area (Å²) in [5.74, 6) is 1.28. The summed E-state index contributed by atoms with van der Waals surface area (Å²) < 4.78 is 3.16. The van der Waals surface area contributed by atoms with Gasteiger partial charge in [0.15, 0.2) is 0 Å². The molecule has 0 bridgehead atoms. The molecule has 18 heavy (non-hydrogen) atoms. The molecule has 0 aliphatic carbocycles. The molecule has 0 aromatic carbocycles. The van der Waals surface area contributed by atoms with Crippen molar-refractivity contribution in [3.05, 3.63) is 15.9 Å². The van der Waals surface area contributed by atoms with Crippen LogP contribution in [0.3, 0.4) is 0 Å². The van der Waals surface area contributed by atoms with Gasteiger partial charge in [0, 0.05) is 25.0 Å². The fraction of sp³-hybridized carbons (Fsp3) is 0.769. The zero-order valence-electron chi connectivity index (χ0n) is 11.6. The molecule has 0 saturated carbocycles. The Labute approximate surface area is 123 Å². The summed E-state index contributed by atoms with van der Waals surface area (Å²) in [6.07, 6.45) is 0.996. The molecule has 0 aliphatic rings. The number of hydrogen-bond acceptors (Lipinski definition) is 2. The molecule has 104 valence electrons. The lowest BCUT2D eigenvalue weighted by atomic mass is 10.0. The fourth-order valence-corrected chi connectivity index (χ4v) is 2.71. The van der Waals surface area contributed by atoms with Crippen LogP contribution in [0.4, 0.5) is 0 Å². The highest BCUT2D eigenvalue weighted by atomic mass is 79.9. The first-order valence-electron chi connectivity index (χ1n) is 6.52. The van der Waals surface area contributed by atoms with Crippen LogP contribution in [0.15, 0.2) is 4.47 Å².